The molecule has 5 heteroatoms. The molecule has 2 aromatic heterocycles. The minimum atomic E-state index is -0.000640. The van der Waals surface area contributed by atoms with Gasteiger partial charge in [-0.3, -0.25) is 9.78 Å². The van der Waals surface area contributed by atoms with Crippen LogP contribution in [-0.2, 0) is 12.0 Å². The lowest BCUT2D eigenvalue weighted by Crippen LogP contribution is -2.28. The van der Waals surface area contributed by atoms with E-state index in [1.165, 1.54) is 11.1 Å². The van der Waals surface area contributed by atoms with Crippen LogP contribution in [0.15, 0.2) is 48.7 Å². The highest BCUT2D eigenvalue weighted by Crippen LogP contribution is 2.39. The monoisotopic (exact) mass is 447 g/mol. The first kappa shape index (κ1) is 22.7. The van der Waals surface area contributed by atoms with Crippen molar-refractivity contribution in [2.24, 2.45) is 0 Å². The Balaban J connectivity index is 1.46. The molecule has 0 spiro atoms. The molecule has 3 aromatic rings. The van der Waals surface area contributed by atoms with E-state index in [2.05, 4.69) is 89.2 Å². The van der Waals surface area contributed by atoms with Crippen LogP contribution in [0.1, 0.15) is 60.1 Å². The molecule has 4 nitrogen and oxygen atoms in total. The normalized spacial score (nSPS) is 14.8. The Bertz CT molecular complexity index is 1100. The van der Waals surface area contributed by atoms with E-state index in [9.17, 15) is 4.79 Å². The van der Waals surface area contributed by atoms with Crippen LogP contribution in [0.3, 0.4) is 0 Å². The number of aromatic nitrogens is 1. The maximum atomic E-state index is 13.1. The Morgan fingerprint density at radius 2 is 1.88 bits per heavy atom. The Labute approximate surface area is 195 Å². The van der Waals surface area contributed by atoms with Gasteiger partial charge in [-0.25, -0.2) is 0 Å². The molecule has 0 fully saturated rings. The van der Waals surface area contributed by atoms with Crippen molar-refractivity contribution in [1.82, 2.24) is 9.88 Å². The third-order valence-electron chi connectivity index (χ3n) is 6.73. The number of aryl methyl sites for hydroxylation is 1. The van der Waals surface area contributed by atoms with Crippen LogP contribution in [0.4, 0.5) is 5.69 Å². The quantitative estimate of drug-likeness (QED) is 0.427. The summed E-state index contributed by atoms with van der Waals surface area (Å²) in [6, 6.07) is 15.3. The molecule has 0 N–H and O–H groups in total. The summed E-state index contributed by atoms with van der Waals surface area (Å²) < 4.78 is 0. The summed E-state index contributed by atoms with van der Waals surface area (Å²) in [6.45, 7) is 9.46. The van der Waals surface area contributed by atoms with Crippen LogP contribution in [0.2, 0.25) is 0 Å². The Kier molecular flexibility index (Phi) is 6.24. The van der Waals surface area contributed by atoms with Gasteiger partial charge in [0.15, 0.2) is 0 Å². The Hall–Kier alpha value is -2.50. The van der Waals surface area contributed by atoms with Gasteiger partial charge >= 0.3 is 0 Å². The topological polar surface area (TPSA) is 36.4 Å². The SMILES string of the molecule is Cc1ccc(-c2cc3c(s2)C(=O)N(c2ccc(C(C)(C)CC[C@H](C)N(C)C)nc2)C3)cc1. The summed E-state index contributed by atoms with van der Waals surface area (Å²) in [4.78, 5) is 24.0. The van der Waals surface area contributed by atoms with Gasteiger partial charge in [-0.05, 0) is 70.1 Å². The summed E-state index contributed by atoms with van der Waals surface area (Å²) in [6.07, 6.45) is 4.06. The lowest BCUT2D eigenvalue weighted by molar-refractivity contribution is 0.1000. The van der Waals surface area contributed by atoms with Crippen LogP contribution in [0.25, 0.3) is 10.4 Å². The summed E-state index contributed by atoms with van der Waals surface area (Å²) in [5.74, 6) is 0.0805. The van der Waals surface area contributed by atoms with Gasteiger partial charge in [0.05, 0.1) is 23.3 Å². The second-order valence-electron chi connectivity index (χ2n) is 9.86. The zero-order valence-electron chi connectivity index (χ0n) is 20.0. The molecule has 0 saturated heterocycles. The highest BCUT2D eigenvalue weighted by molar-refractivity contribution is 7.17. The molecular weight excluding hydrogens is 414 g/mol. The van der Waals surface area contributed by atoms with Crippen LogP contribution in [0.5, 0.6) is 0 Å². The third-order valence-corrected chi connectivity index (χ3v) is 7.95. The molecule has 32 heavy (non-hydrogen) atoms. The summed E-state index contributed by atoms with van der Waals surface area (Å²) in [7, 11) is 4.25. The van der Waals surface area contributed by atoms with Crippen LogP contribution in [-0.4, -0.2) is 35.9 Å². The lowest BCUT2D eigenvalue weighted by atomic mass is 9.82. The predicted octanol–water partition coefficient (Wildman–Crippen LogP) is 6.29. The minimum Gasteiger partial charge on any atom is -0.307 e. The molecule has 0 saturated carbocycles. The van der Waals surface area contributed by atoms with E-state index >= 15 is 0 Å². The molecule has 3 heterocycles. The van der Waals surface area contributed by atoms with Crippen LogP contribution < -0.4 is 4.90 Å². The molecule has 1 aliphatic rings. The van der Waals surface area contributed by atoms with E-state index < -0.39 is 0 Å². The van der Waals surface area contributed by atoms with Gasteiger partial charge in [0.25, 0.3) is 5.91 Å². The first-order valence-electron chi connectivity index (χ1n) is 11.3. The fraction of sp³-hybridized carbons (Fsp3) is 0.407. The average molecular weight is 448 g/mol. The number of pyridine rings is 1. The van der Waals surface area contributed by atoms with Gasteiger partial charge in [0.1, 0.15) is 0 Å². The van der Waals surface area contributed by atoms with Crippen LogP contribution in [0, 0.1) is 6.92 Å². The number of rotatable bonds is 7. The second-order valence-corrected chi connectivity index (χ2v) is 10.9. The highest BCUT2D eigenvalue weighted by atomic mass is 32.1. The molecular formula is C27H33N3OS. The lowest BCUT2D eigenvalue weighted by Gasteiger charge is -2.28. The molecule has 0 bridgehead atoms. The standard InChI is InChI=1S/C27H33N3OS/c1-18-7-9-20(10-8-18)23-15-21-17-30(26(31)25(21)32-23)22-11-12-24(28-16-22)27(3,4)14-13-19(2)29(5)6/h7-12,15-16,19H,13-14,17H2,1-6H3/t19-/m0/s1. The molecule has 1 amide bonds. The van der Waals surface area contributed by atoms with E-state index in [0.29, 0.717) is 12.6 Å². The zero-order valence-corrected chi connectivity index (χ0v) is 20.8. The summed E-state index contributed by atoms with van der Waals surface area (Å²) >= 11 is 1.59. The van der Waals surface area contributed by atoms with Gasteiger partial charge in [0.2, 0.25) is 0 Å². The first-order valence-corrected chi connectivity index (χ1v) is 12.1. The number of thiophene rings is 1. The number of anilines is 1. The molecule has 1 atom stereocenters. The number of hydrogen-bond donors (Lipinski definition) is 0. The molecule has 0 aliphatic carbocycles. The predicted molar refractivity (Wildman–Crippen MR) is 135 cm³/mol. The van der Waals surface area contributed by atoms with Gasteiger partial charge in [-0.15, -0.1) is 11.3 Å². The van der Waals surface area contributed by atoms with Crippen molar-refractivity contribution in [3.63, 3.8) is 0 Å². The molecule has 168 valence electrons. The van der Waals surface area contributed by atoms with Gasteiger partial charge < -0.3 is 9.80 Å². The second kappa shape index (κ2) is 8.80. The Morgan fingerprint density at radius 1 is 1.16 bits per heavy atom. The number of benzene rings is 1. The molecule has 1 aromatic carbocycles. The van der Waals surface area contributed by atoms with Crippen molar-refractivity contribution in [3.8, 4) is 10.4 Å². The fourth-order valence-corrected chi connectivity index (χ4v) is 5.19. The maximum absolute atomic E-state index is 13.1. The minimum absolute atomic E-state index is 0.000640. The maximum Gasteiger partial charge on any atom is 0.269 e. The van der Waals surface area contributed by atoms with Crippen molar-refractivity contribution in [3.05, 3.63) is 70.4 Å². The highest BCUT2D eigenvalue weighted by Gasteiger charge is 2.32. The Morgan fingerprint density at radius 3 is 2.47 bits per heavy atom. The van der Waals surface area contributed by atoms with Gasteiger partial charge in [-0.1, -0.05) is 43.7 Å². The van der Waals surface area contributed by atoms with Crippen molar-refractivity contribution in [2.45, 2.75) is 58.5 Å². The zero-order chi connectivity index (χ0) is 23.0. The molecule has 4 rings (SSSR count). The third kappa shape index (κ3) is 4.50. The number of carbonyl (C=O) groups is 1. The van der Waals surface area contributed by atoms with Crippen molar-refractivity contribution < 1.29 is 4.79 Å². The number of amides is 1. The first-order chi connectivity index (χ1) is 15.2. The van der Waals surface area contributed by atoms with Crippen molar-refractivity contribution >= 4 is 22.9 Å². The van der Waals surface area contributed by atoms with E-state index in [1.54, 1.807) is 11.3 Å². The number of hydrogen-bond acceptors (Lipinski definition) is 4. The number of fused-ring (bicyclic) bond motifs is 1. The number of carbonyl (C=O) groups excluding carboxylic acids is 1. The fourth-order valence-electron chi connectivity index (χ4n) is 4.06. The molecule has 0 radical (unpaired) electrons. The summed E-state index contributed by atoms with van der Waals surface area (Å²) in [5.41, 5.74) is 5.47. The van der Waals surface area contributed by atoms with E-state index in [1.807, 2.05) is 11.1 Å². The smallest absolute Gasteiger partial charge is 0.269 e. The largest absolute Gasteiger partial charge is 0.307 e. The van der Waals surface area contributed by atoms with Crippen LogP contribution >= 0.6 is 11.3 Å². The van der Waals surface area contributed by atoms with Crippen molar-refractivity contribution in [2.75, 3.05) is 19.0 Å². The molecule has 1 aliphatic heterocycles. The van der Waals surface area contributed by atoms with E-state index in [0.717, 1.165) is 39.5 Å². The average Bonchev–Trinajstić information content (AvgIpc) is 3.32. The summed E-state index contributed by atoms with van der Waals surface area (Å²) in [5, 5.41) is 0. The van der Waals surface area contributed by atoms with E-state index in [4.69, 9.17) is 4.98 Å². The van der Waals surface area contributed by atoms with Crippen molar-refractivity contribution in [1.29, 1.82) is 0 Å². The van der Waals surface area contributed by atoms with E-state index in [-0.39, 0.29) is 11.3 Å². The molecule has 0 unspecified atom stereocenters. The number of nitrogens with zero attached hydrogens (tertiary/aromatic N) is 3. The van der Waals surface area contributed by atoms with Gasteiger partial charge in [0, 0.05) is 22.0 Å². The van der Waals surface area contributed by atoms with Gasteiger partial charge in [-0.2, -0.15) is 0 Å².